The summed E-state index contributed by atoms with van der Waals surface area (Å²) in [5.74, 6) is 0.197. The quantitative estimate of drug-likeness (QED) is 0.906. The lowest BCUT2D eigenvalue weighted by atomic mass is 9.97. The van der Waals surface area contributed by atoms with Crippen LogP contribution in [0.1, 0.15) is 48.5 Å². The third-order valence-electron chi connectivity index (χ3n) is 4.73. The predicted molar refractivity (Wildman–Crippen MR) is 85.3 cm³/mol. The molecule has 1 atom stereocenters. The fraction of sp³-hybridized carbons (Fsp3) is 0.500. The van der Waals surface area contributed by atoms with Gasteiger partial charge in [0.05, 0.1) is 6.07 Å². The second-order valence-electron chi connectivity index (χ2n) is 6.66. The summed E-state index contributed by atoms with van der Waals surface area (Å²) < 4.78 is 0. The average molecular weight is 311 g/mol. The van der Waals surface area contributed by atoms with Gasteiger partial charge in [0.1, 0.15) is 5.54 Å². The maximum absolute atomic E-state index is 12.5. The molecule has 1 aromatic rings. The fourth-order valence-electron chi connectivity index (χ4n) is 3.09. The fourth-order valence-corrected chi connectivity index (χ4v) is 3.09. The van der Waals surface area contributed by atoms with Crippen molar-refractivity contribution in [1.29, 1.82) is 5.26 Å². The van der Waals surface area contributed by atoms with Crippen LogP contribution in [0.3, 0.4) is 0 Å². The van der Waals surface area contributed by atoms with Gasteiger partial charge in [-0.1, -0.05) is 12.1 Å². The number of benzene rings is 1. The number of likely N-dealkylation sites (tertiary alicyclic amines) is 1. The summed E-state index contributed by atoms with van der Waals surface area (Å²) in [6, 6.07) is 9.54. The van der Waals surface area contributed by atoms with E-state index in [0.717, 1.165) is 31.4 Å². The van der Waals surface area contributed by atoms with E-state index in [1.54, 1.807) is 13.0 Å². The Morgan fingerprint density at radius 3 is 2.87 bits per heavy atom. The highest BCUT2D eigenvalue weighted by atomic mass is 16.2. The number of nitrogens with zero attached hydrogens (tertiary/aromatic N) is 2. The van der Waals surface area contributed by atoms with Crippen LogP contribution < -0.4 is 5.32 Å². The summed E-state index contributed by atoms with van der Waals surface area (Å²) in [6.07, 6.45) is 3.49. The Balaban J connectivity index is 1.70. The van der Waals surface area contributed by atoms with Crippen molar-refractivity contribution in [2.75, 3.05) is 6.54 Å². The van der Waals surface area contributed by atoms with Crippen LogP contribution in [-0.2, 0) is 11.3 Å². The van der Waals surface area contributed by atoms with Gasteiger partial charge in [0, 0.05) is 25.1 Å². The van der Waals surface area contributed by atoms with Crippen LogP contribution in [0.15, 0.2) is 24.3 Å². The second-order valence-corrected chi connectivity index (χ2v) is 6.66. The lowest BCUT2D eigenvalue weighted by molar-refractivity contribution is -0.128. The zero-order valence-corrected chi connectivity index (χ0v) is 13.3. The van der Waals surface area contributed by atoms with Gasteiger partial charge in [-0.25, -0.2) is 0 Å². The molecule has 5 nitrogen and oxygen atoms in total. The molecule has 5 heteroatoms. The van der Waals surface area contributed by atoms with Crippen molar-refractivity contribution in [1.82, 2.24) is 10.2 Å². The zero-order valence-electron chi connectivity index (χ0n) is 13.3. The van der Waals surface area contributed by atoms with Gasteiger partial charge in [-0.15, -0.1) is 0 Å². The molecule has 1 aliphatic heterocycles. The molecule has 0 bridgehead atoms. The molecule has 0 radical (unpaired) electrons. The van der Waals surface area contributed by atoms with E-state index in [1.807, 2.05) is 23.1 Å². The summed E-state index contributed by atoms with van der Waals surface area (Å²) in [5.41, 5.74) is 0.687. The van der Waals surface area contributed by atoms with Gasteiger partial charge < -0.3 is 10.2 Å². The molecule has 1 N–H and O–H groups in total. The van der Waals surface area contributed by atoms with E-state index in [1.165, 1.54) is 0 Å². The number of hydrogen-bond donors (Lipinski definition) is 1. The van der Waals surface area contributed by atoms with Crippen LogP contribution in [0.5, 0.6) is 0 Å². The molecule has 1 heterocycles. The van der Waals surface area contributed by atoms with Gasteiger partial charge in [0.25, 0.3) is 5.91 Å². The Kier molecular flexibility index (Phi) is 4.08. The van der Waals surface area contributed by atoms with Gasteiger partial charge in [-0.3, -0.25) is 9.59 Å². The third-order valence-corrected chi connectivity index (χ3v) is 4.73. The van der Waals surface area contributed by atoms with E-state index in [4.69, 9.17) is 0 Å². The second kappa shape index (κ2) is 6.04. The monoisotopic (exact) mass is 311 g/mol. The lowest BCUT2D eigenvalue weighted by Gasteiger charge is -2.23. The molecule has 0 spiro atoms. The number of rotatable bonds is 5. The molecular weight excluding hydrogens is 290 g/mol. The van der Waals surface area contributed by atoms with E-state index in [2.05, 4.69) is 11.4 Å². The summed E-state index contributed by atoms with van der Waals surface area (Å²) in [4.78, 5) is 26.0. The smallest absolute Gasteiger partial charge is 0.252 e. The van der Waals surface area contributed by atoms with Crippen LogP contribution in [0.2, 0.25) is 0 Å². The molecule has 2 amide bonds. The van der Waals surface area contributed by atoms with Crippen molar-refractivity contribution < 1.29 is 9.59 Å². The third kappa shape index (κ3) is 3.37. The van der Waals surface area contributed by atoms with Crippen molar-refractivity contribution in [3.8, 4) is 6.07 Å². The van der Waals surface area contributed by atoms with Crippen molar-refractivity contribution in [2.45, 2.75) is 44.7 Å². The minimum Gasteiger partial charge on any atom is -0.338 e. The van der Waals surface area contributed by atoms with Crippen molar-refractivity contribution in [2.24, 2.45) is 5.92 Å². The molecule has 120 valence electrons. The van der Waals surface area contributed by atoms with Crippen molar-refractivity contribution >= 4 is 11.8 Å². The largest absolute Gasteiger partial charge is 0.338 e. The van der Waals surface area contributed by atoms with Crippen LogP contribution >= 0.6 is 0 Å². The molecule has 3 rings (SSSR count). The highest BCUT2D eigenvalue weighted by Crippen LogP contribution is 2.39. The van der Waals surface area contributed by atoms with Gasteiger partial charge in [0.2, 0.25) is 5.91 Å². The molecule has 1 saturated carbocycles. The standard InChI is InChI=1S/C18H21N3O2/c1-18(12-19,15-7-8-15)20-17(23)14-5-2-4-13(10-14)11-21-9-3-6-16(21)22/h2,4-5,10,15H,3,6-9,11H2,1H3,(H,20,23)/t18-/m1/s1. The van der Waals surface area contributed by atoms with Crippen LogP contribution in [0, 0.1) is 17.2 Å². The number of carbonyl (C=O) groups excluding carboxylic acids is 2. The van der Waals surface area contributed by atoms with Crippen molar-refractivity contribution in [3.05, 3.63) is 35.4 Å². The van der Waals surface area contributed by atoms with E-state index in [9.17, 15) is 14.9 Å². The first kappa shape index (κ1) is 15.5. The predicted octanol–water partition coefficient (Wildman–Crippen LogP) is 2.23. The Morgan fingerprint density at radius 2 is 2.26 bits per heavy atom. The Hall–Kier alpha value is -2.35. The molecule has 0 unspecified atom stereocenters. The molecule has 1 saturated heterocycles. The SMILES string of the molecule is C[C@](C#N)(NC(=O)c1cccc(CN2CCCC2=O)c1)C1CC1. The summed E-state index contributed by atoms with van der Waals surface area (Å²) in [6.45, 7) is 3.11. The van der Waals surface area contributed by atoms with Gasteiger partial charge in [0.15, 0.2) is 0 Å². The molecule has 0 aromatic heterocycles. The first-order chi connectivity index (χ1) is 11.0. The maximum atomic E-state index is 12.5. The maximum Gasteiger partial charge on any atom is 0.252 e. The van der Waals surface area contributed by atoms with Crippen LogP contribution in [0.25, 0.3) is 0 Å². The number of nitrogens with one attached hydrogen (secondary N) is 1. The topological polar surface area (TPSA) is 73.2 Å². The number of carbonyl (C=O) groups is 2. The molecular formula is C18H21N3O2. The van der Waals surface area contributed by atoms with E-state index in [0.29, 0.717) is 18.5 Å². The summed E-state index contributed by atoms with van der Waals surface area (Å²) in [5, 5.41) is 12.2. The molecule has 1 aliphatic carbocycles. The minimum atomic E-state index is -0.794. The normalized spacial score (nSPS) is 20.0. The van der Waals surface area contributed by atoms with E-state index in [-0.39, 0.29) is 17.7 Å². The van der Waals surface area contributed by atoms with E-state index >= 15 is 0 Å². The number of hydrogen-bond acceptors (Lipinski definition) is 3. The van der Waals surface area contributed by atoms with Gasteiger partial charge in [-0.05, 0) is 49.8 Å². The lowest BCUT2D eigenvalue weighted by Crippen LogP contribution is -2.46. The average Bonchev–Trinajstić information content (AvgIpc) is 3.33. The Morgan fingerprint density at radius 1 is 1.48 bits per heavy atom. The Labute approximate surface area is 136 Å². The first-order valence-corrected chi connectivity index (χ1v) is 8.12. The van der Waals surface area contributed by atoms with E-state index < -0.39 is 5.54 Å². The van der Waals surface area contributed by atoms with Gasteiger partial charge in [-0.2, -0.15) is 5.26 Å². The molecule has 1 aromatic carbocycles. The first-order valence-electron chi connectivity index (χ1n) is 8.12. The molecule has 23 heavy (non-hydrogen) atoms. The highest BCUT2D eigenvalue weighted by molar-refractivity contribution is 5.95. The van der Waals surface area contributed by atoms with Crippen LogP contribution in [0.4, 0.5) is 0 Å². The summed E-state index contributed by atoms with van der Waals surface area (Å²) >= 11 is 0. The molecule has 2 fully saturated rings. The zero-order chi connectivity index (χ0) is 16.4. The van der Waals surface area contributed by atoms with Crippen LogP contribution in [-0.4, -0.2) is 28.8 Å². The molecule has 2 aliphatic rings. The number of amides is 2. The number of nitriles is 1. The summed E-state index contributed by atoms with van der Waals surface area (Å²) in [7, 11) is 0. The highest BCUT2D eigenvalue weighted by Gasteiger charge is 2.43. The Bertz CT molecular complexity index is 675. The van der Waals surface area contributed by atoms with Gasteiger partial charge >= 0.3 is 0 Å². The van der Waals surface area contributed by atoms with Crippen molar-refractivity contribution in [3.63, 3.8) is 0 Å². The minimum absolute atomic E-state index is 0.172.